The molecule has 0 radical (unpaired) electrons. The maximum atomic E-state index is 11.5. The molecule has 1 aromatic carbocycles. The van der Waals surface area contributed by atoms with Gasteiger partial charge in [0, 0.05) is 10.3 Å². The zero-order chi connectivity index (χ0) is 13.0. The molecule has 4 heteroatoms. The van der Waals surface area contributed by atoms with Crippen LogP contribution >= 0.6 is 0 Å². The Kier molecular flexibility index (Phi) is 3.75. The quantitative estimate of drug-likeness (QED) is 0.456. The van der Waals surface area contributed by atoms with Crippen molar-refractivity contribution in [3.63, 3.8) is 0 Å². The molecule has 96 valence electrons. The van der Waals surface area contributed by atoms with Crippen LogP contribution in [-0.4, -0.2) is 17.8 Å². The van der Waals surface area contributed by atoms with E-state index in [-0.39, 0.29) is 17.4 Å². The van der Waals surface area contributed by atoms with Gasteiger partial charge < -0.3 is 4.79 Å². The van der Waals surface area contributed by atoms with Crippen LogP contribution in [0.3, 0.4) is 0 Å². The number of nitrogens with zero attached hydrogens (tertiary/aromatic N) is 1. The topological polar surface area (TPSA) is 60.2 Å². The van der Waals surface area contributed by atoms with E-state index in [1.165, 1.54) is 0 Å². The molecule has 0 unspecified atom stereocenters. The van der Waals surface area contributed by atoms with Gasteiger partial charge in [-0.25, -0.2) is 0 Å². The van der Waals surface area contributed by atoms with Crippen molar-refractivity contribution in [2.45, 2.75) is 31.6 Å². The summed E-state index contributed by atoms with van der Waals surface area (Å²) in [5, 5.41) is 10.9. The lowest BCUT2D eigenvalue weighted by atomic mass is 9.71. The van der Waals surface area contributed by atoms with Crippen molar-refractivity contribution in [1.29, 1.82) is 0 Å². The zero-order valence-corrected chi connectivity index (χ0v) is 10.2. The Hall–Kier alpha value is -1.71. The summed E-state index contributed by atoms with van der Waals surface area (Å²) < 4.78 is 0. The third kappa shape index (κ3) is 2.42. The smallest absolute Gasteiger partial charge is 0.211 e. The molecule has 0 bridgehead atoms. The molecule has 0 spiro atoms. The van der Waals surface area contributed by atoms with Gasteiger partial charge in [-0.2, -0.15) is 0 Å². The van der Waals surface area contributed by atoms with Crippen molar-refractivity contribution in [2.24, 2.45) is 5.41 Å². The minimum Gasteiger partial charge on any atom is -0.303 e. The summed E-state index contributed by atoms with van der Waals surface area (Å²) in [7, 11) is 0. The van der Waals surface area contributed by atoms with Gasteiger partial charge in [0.1, 0.15) is 6.29 Å². The maximum absolute atomic E-state index is 11.5. The van der Waals surface area contributed by atoms with Gasteiger partial charge in [-0.05, 0) is 18.4 Å². The molecule has 0 aromatic heterocycles. The van der Waals surface area contributed by atoms with E-state index < -0.39 is 5.41 Å². The molecule has 4 nitrogen and oxygen atoms in total. The van der Waals surface area contributed by atoms with E-state index in [1.54, 1.807) is 0 Å². The molecule has 1 saturated carbocycles. The van der Waals surface area contributed by atoms with Gasteiger partial charge >= 0.3 is 0 Å². The second-order valence-corrected chi connectivity index (χ2v) is 5.04. The molecule has 0 saturated heterocycles. The predicted octanol–water partition coefficient (Wildman–Crippen LogP) is 2.81. The number of carbonyl (C=O) groups excluding carboxylic acids is 1. The molecule has 0 amide bonds. The first kappa shape index (κ1) is 12.7. The van der Waals surface area contributed by atoms with E-state index in [0.29, 0.717) is 0 Å². The third-order valence-corrected chi connectivity index (χ3v) is 4.00. The molecule has 0 heterocycles. The van der Waals surface area contributed by atoms with Crippen LogP contribution < -0.4 is 0 Å². The Morgan fingerprint density at radius 3 is 2.39 bits per heavy atom. The van der Waals surface area contributed by atoms with Crippen LogP contribution in [-0.2, 0) is 4.79 Å². The fourth-order valence-corrected chi connectivity index (χ4v) is 3.04. The second-order valence-electron chi connectivity index (χ2n) is 5.04. The highest BCUT2D eigenvalue weighted by molar-refractivity contribution is 5.62. The van der Waals surface area contributed by atoms with Crippen LogP contribution in [0.1, 0.15) is 37.2 Å². The van der Waals surface area contributed by atoms with Gasteiger partial charge in [0.2, 0.25) is 6.54 Å². The molecule has 0 aliphatic heterocycles. The van der Waals surface area contributed by atoms with Crippen LogP contribution in [0.15, 0.2) is 30.3 Å². The van der Waals surface area contributed by atoms with Crippen molar-refractivity contribution in [1.82, 2.24) is 0 Å². The Bertz CT molecular complexity index is 424. The fourth-order valence-electron chi connectivity index (χ4n) is 3.04. The first-order valence-electron chi connectivity index (χ1n) is 6.31. The lowest BCUT2D eigenvalue weighted by Crippen LogP contribution is -2.32. The summed E-state index contributed by atoms with van der Waals surface area (Å²) in [6.45, 7) is -0.164. The number of benzene rings is 1. The number of rotatable bonds is 5. The predicted molar refractivity (Wildman–Crippen MR) is 68.0 cm³/mol. The van der Waals surface area contributed by atoms with Gasteiger partial charge in [0.15, 0.2) is 0 Å². The van der Waals surface area contributed by atoms with Crippen molar-refractivity contribution < 1.29 is 9.72 Å². The van der Waals surface area contributed by atoms with Crippen LogP contribution in [0, 0.1) is 15.5 Å². The first-order chi connectivity index (χ1) is 8.68. The van der Waals surface area contributed by atoms with E-state index in [9.17, 15) is 14.9 Å². The van der Waals surface area contributed by atoms with E-state index >= 15 is 0 Å². The summed E-state index contributed by atoms with van der Waals surface area (Å²) in [6, 6.07) is 9.40. The molecular formula is C14H17NO3. The molecule has 1 aromatic rings. The largest absolute Gasteiger partial charge is 0.303 e. The Morgan fingerprint density at radius 1 is 1.28 bits per heavy atom. The SMILES string of the molecule is O=CC1([C@H](C[N+](=O)[O-])c2ccccc2)CCCC1. The summed E-state index contributed by atoms with van der Waals surface area (Å²) in [4.78, 5) is 22.1. The molecule has 18 heavy (non-hydrogen) atoms. The Morgan fingerprint density at radius 2 is 1.89 bits per heavy atom. The Balaban J connectivity index is 2.35. The first-order valence-corrected chi connectivity index (χ1v) is 6.31. The molecule has 0 N–H and O–H groups in total. The Labute approximate surface area is 106 Å². The lowest BCUT2D eigenvalue weighted by molar-refractivity contribution is -0.485. The number of hydrogen-bond acceptors (Lipinski definition) is 3. The van der Waals surface area contributed by atoms with Gasteiger partial charge in [-0.15, -0.1) is 0 Å². The van der Waals surface area contributed by atoms with Gasteiger partial charge in [0.05, 0.1) is 5.92 Å². The number of carbonyl (C=O) groups is 1. The minimum atomic E-state index is -0.533. The van der Waals surface area contributed by atoms with Gasteiger partial charge in [-0.1, -0.05) is 43.2 Å². The normalized spacial score (nSPS) is 19.3. The van der Waals surface area contributed by atoms with Crippen molar-refractivity contribution in [2.75, 3.05) is 6.54 Å². The second kappa shape index (κ2) is 5.29. The van der Waals surface area contributed by atoms with Crippen molar-refractivity contribution >= 4 is 6.29 Å². The van der Waals surface area contributed by atoms with Crippen LogP contribution in [0.2, 0.25) is 0 Å². The standard InChI is InChI=1S/C14H17NO3/c16-11-14(8-4-5-9-14)13(10-15(17)18)12-6-2-1-3-7-12/h1-3,6-7,11,13H,4-5,8-10H2/t13-/m1/s1. The van der Waals surface area contributed by atoms with Crippen LogP contribution in [0.5, 0.6) is 0 Å². The van der Waals surface area contributed by atoms with Gasteiger partial charge in [-0.3, -0.25) is 10.1 Å². The summed E-state index contributed by atoms with van der Waals surface area (Å²) >= 11 is 0. The molecule has 1 fully saturated rings. The average molecular weight is 247 g/mol. The van der Waals surface area contributed by atoms with E-state index in [0.717, 1.165) is 37.5 Å². The number of aldehydes is 1. The molecular weight excluding hydrogens is 230 g/mol. The van der Waals surface area contributed by atoms with Crippen molar-refractivity contribution in [3.8, 4) is 0 Å². The molecule has 2 rings (SSSR count). The number of nitro groups is 1. The summed E-state index contributed by atoms with van der Waals surface area (Å²) in [5.41, 5.74) is 0.372. The molecule has 1 aliphatic carbocycles. The lowest BCUT2D eigenvalue weighted by Gasteiger charge is -2.30. The van der Waals surface area contributed by atoms with E-state index in [4.69, 9.17) is 0 Å². The van der Waals surface area contributed by atoms with E-state index in [2.05, 4.69) is 0 Å². The van der Waals surface area contributed by atoms with Crippen LogP contribution in [0.25, 0.3) is 0 Å². The van der Waals surface area contributed by atoms with E-state index in [1.807, 2.05) is 30.3 Å². The van der Waals surface area contributed by atoms with Gasteiger partial charge in [0.25, 0.3) is 0 Å². The summed E-state index contributed by atoms with van der Waals surface area (Å²) in [5.74, 6) is -0.298. The van der Waals surface area contributed by atoms with Crippen LogP contribution in [0.4, 0.5) is 0 Å². The monoisotopic (exact) mass is 247 g/mol. The molecule has 1 atom stereocenters. The zero-order valence-electron chi connectivity index (χ0n) is 10.2. The minimum absolute atomic E-state index is 0.164. The molecule has 1 aliphatic rings. The van der Waals surface area contributed by atoms with Crippen molar-refractivity contribution in [3.05, 3.63) is 46.0 Å². The highest BCUT2D eigenvalue weighted by atomic mass is 16.6. The fraction of sp³-hybridized carbons (Fsp3) is 0.500. The summed E-state index contributed by atoms with van der Waals surface area (Å²) in [6.07, 6.45) is 4.47. The highest BCUT2D eigenvalue weighted by Crippen LogP contribution is 2.47. The maximum Gasteiger partial charge on any atom is 0.211 e. The average Bonchev–Trinajstić information content (AvgIpc) is 2.86. The number of hydrogen-bond donors (Lipinski definition) is 0. The highest BCUT2D eigenvalue weighted by Gasteiger charge is 2.44. The third-order valence-electron chi connectivity index (χ3n) is 4.00.